The molecule has 3 heteroatoms. The molecule has 0 aliphatic carbocycles. The van der Waals surface area contributed by atoms with Gasteiger partial charge in [0.1, 0.15) is 0 Å². The van der Waals surface area contributed by atoms with Crippen molar-refractivity contribution in [2.24, 2.45) is 0 Å². The Labute approximate surface area is 134 Å². The van der Waals surface area contributed by atoms with Crippen LogP contribution in [-0.2, 0) is 11.3 Å². The zero-order valence-corrected chi connectivity index (χ0v) is 13.9. The first kappa shape index (κ1) is 15.5. The van der Waals surface area contributed by atoms with Crippen molar-refractivity contribution < 1.29 is 4.79 Å². The highest BCUT2D eigenvalue weighted by Gasteiger charge is 2.37. The summed E-state index contributed by atoms with van der Waals surface area (Å²) in [6.45, 7) is 7.26. The van der Waals surface area contributed by atoms with Crippen LogP contribution in [0.5, 0.6) is 0 Å². The van der Waals surface area contributed by atoms with Gasteiger partial charge in [0.2, 0.25) is 5.91 Å². The van der Waals surface area contributed by atoms with Crippen LogP contribution < -0.4 is 0 Å². The van der Waals surface area contributed by atoms with E-state index in [0.29, 0.717) is 11.9 Å². The lowest BCUT2D eigenvalue weighted by Gasteiger charge is -2.31. The summed E-state index contributed by atoms with van der Waals surface area (Å²) in [6, 6.07) is 9.25. The molecule has 3 rings (SSSR count). The molecule has 2 aliphatic rings. The topological polar surface area (TPSA) is 23.6 Å². The maximum atomic E-state index is 13.0. The summed E-state index contributed by atoms with van der Waals surface area (Å²) in [5.74, 6) is 0.384. The van der Waals surface area contributed by atoms with Gasteiger partial charge in [-0.1, -0.05) is 36.8 Å². The summed E-state index contributed by atoms with van der Waals surface area (Å²) in [5.41, 5.74) is 2.62. The molecule has 1 amide bonds. The molecule has 2 fully saturated rings. The maximum absolute atomic E-state index is 13.0. The molecule has 0 radical (unpaired) electrons. The number of hydrogen-bond donors (Lipinski definition) is 0. The molecule has 0 spiro atoms. The average molecular weight is 300 g/mol. The van der Waals surface area contributed by atoms with Crippen molar-refractivity contribution in [3.63, 3.8) is 0 Å². The van der Waals surface area contributed by atoms with Crippen molar-refractivity contribution in [3.05, 3.63) is 35.4 Å². The minimum absolute atomic E-state index is 0.104. The number of benzene rings is 1. The van der Waals surface area contributed by atoms with Crippen LogP contribution in [0.1, 0.15) is 50.2 Å². The minimum atomic E-state index is 0.104. The van der Waals surface area contributed by atoms with Gasteiger partial charge in [0.05, 0.1) is 6.04 Å². The summed E-state index contributed by atoms with van der Waals surface area (Å²) >= 11 is 0. The molecule has 0 saturated carbocycles. The fourth-order valence-electron chi connectivity index (χ4n) is 4.08. The van der Waals surface area contributed by atoms with Crippen molar-refractivity contribution in [1.82, 2.24) is 9.80 Å². The summed E-state index contributed by atoms with van der Waals surface area (Å²) < 4.78 is 0. The molecule has 0 N–H and O–H groups in total. The van der Waals surface area contributed by atoms with Crippen LogP contribution in [-0.4, -0.2) is 40.9 Å². The van der Waals surface area contributed by atoms with Crippen LogP contribution in [0.3, 0.4) is 0 Å². The predicted molar refractivity (Wildman–Crippen MR) is 89.6 cm³/mol. The number of hydrogen-bond acceptors (Lipinski definition) is 2. The number of nitrogens with zero attached hydrogens (tertiary/aromatic N) is 2. The van der Waals surface area contributed by atoms with Crippen LogP contribution in [0.4, 0.5) is 0 Å². The van der Waals surface area contributed by atoms with E-state index in [0.717, 1.165) is 38.9 Å². The second-order valence-electron chi connectivity index (χ2n) is 6.85. The second-order valence-corrected chi connectivity index (χ2v) is 6.85. The third-order valence-corrected chi connectivity index (χ3v) is 5.25. The summed E-state index contributed by atoms with van der Waals surface area (Å²) in [4.78, 5) is 17.5. The quantitative estimate of drug-likeness (QED) is 0.851. The number of likely N-dealkylation sites (tertiary alicyclic amines) is 2. The zero-order valence-electron chi connectivity index (χ0n) is 13.9. The summed E-state index contributed by atoms with van der Waals surface area (Å²) in [6.07, 6.45) is 5.63. The van der Waals surface area contributed by atoms with E-state index in [9.17, 15) is 4.79 Å². The molecule has 1 aromatic carbocycles. The Balaban J connectivity index is 1.69. The molecule has 2 aliphatic heterocycles. The molecule has 22 heavy (non-hydrogen) atoms. The fraction of sp³-hybridized carbons (Fsp3) is 0.632. The van der Waals surface area contributed by atoms with Gasteiger partial charge in [-0.2, -0.15) is 0 Å². The molecule has 120 valence electrons. The molecule has 2 heterocycles. The van der Waals surface area contributed by atoms with Crippen LogP contribution in [0.15, 0.2) is 24.3 Å². The van der Waals surface area contributed by atoms with Gasteiger partial charge in [0.15, 0.2) is 0 Å². The van der Waals surface area contributed by atoms with Crippen LogP contribution in [0.2, 0.25) is 0 Å². The largest absolute Gasteiger partial charge is 0.338 e. The van der Waals surface area contributed by atoms with E-state index in [1.165, 1.54) is 24.0 Å². The lowest BCUT2D eigenvalue weighted by atomic mass is 10.1. The normalized spacial score (nSPS) is 25.8. The van der Waals surface area contributed by atoms with Gasteiger partial charge in [-0.3, -0.25) is 9.69 Å². The van der Waals surface area contributed by atoms with E-state index >= 15 is 0 Å². The maximum Gasteiger partial charge on any atom is 0.240 e. The number of carbonyl (C=O) groups excluding carboxylic acids is 1. The monoisotopic (exact) mass is 300 g/mol. The highest BCUT2D eigenvalue weighted by molar-refractivity contribution is 5.82. The minimum Gasteiger partial charge on any atom is -0.338 e. The van der Waals surface area contributed by atoms with E-state index in [2.05, 4.69) is 47.9 Å². The van der Waals surface area contributed by atoms with E-state index < -0.39 is 0 Å². The molecule has 3 nitrogen and oxygen atoms in total. The second kappa shape index (κ2) is 6.82. The van der Waals surface area contributed by atoms with Crippen LogP contribution >= 0.6 is 0 Å². The predicted octanol–water partition coefficient (Wildman–Crippen LogP) is 3.36. The lowest BCUT2D eigenvalue weighted by molar-refractivity contribution is -0.137. The van der Waals surface area contributed by atoms with Crippen LogP contribution in [0, 0.1) is 6.92 Å². The zero-order chi connectivity index (χ0) is 15.5. The number of rotatable bonds is 4. The van der Waals surface area contributed by atoms with Crippen molar-refractivity contribution in [2.45, 2.75) is 64.6 Å². The lowest BCUT2D eigenvalue weighted by Crippen LogP contribution is -2.47. The first-order valence-electron chi connectivity index (χ1n) is 8.79. The third-order valence-electron chi connectivity index (χ3n) is 5.25. The molecule has 2 atom stereocenters. The van der Waals surface area contributed by atoms with Crippen molar-refractivity contribution in [3.8, 4) is 0 Å². The van der Waals surface area contributed by atoms with Gasteiger partial charge in [0.25, 0.3) is 0 Å². The van der Waals surface area contributed by atoms with Gasteiger partial charge in [-0.05, 0) is 51.1 Å². The van der Waals surface area contributed by atoms with Gasteiger partial charge < -0.3 is 4.90 Å². The van der Waals surface area contributed by atoms with Gasteiger partial charge in [-0.15, -0.1) is 0 Å². The fourth-order valence-corrected chi connectivity index (χ4v) is 4.08. The highest BCUT2D eigenvalue weighted by atomic mass is 16.2. The number of carbonyl (C=O) groups is 1. The molecule has 1 aromatic rings. The van der Waals surface area contributed by atoms with E-state index in [-0.39, 0.29) is 6.04 Å². The summed E-state index contributed by atoms with van der Waals surface area (Å²) in [7, 11) is 0. The van der Waals surface area contributed by atoms with Gasteiger partial charge in [0, 0.05) is 19.1 Å². The molecule has 0 bridgehead atoms. The average Bonchev–Trinajstić information content (AvgIpc) is 3.15. The van der Waals surface area contributed by atoms with Crippen molar-refractivity contribution in [2.75, 3.05) is 13.1 Å². The molecule has 0 aromatic heterocycles. The molecule has 2 unspecified atom stereocenters. The van der Waals surface area contributed by atoms with E-state index in [4.69, 9.17) is 0 Å². The Morgan fingerprint density at radius 1 is 1.23 bits per heavy atom. The smallest absolute Gasteiger partial charge is 0.240 e. The van der Waals surface area contributed by atoms with E-state index in [1.807, 2.05) is 0 Å². The van der Waals surface area contributed by atoms with Gasteiger partial charge in [-0.25, -0.2) is 0 Å². The molecule has 2 saturated heterocycles. The SMILES string of the molecule is CCC1CCCN1C(=O)C1CCCN1Cc1cccc(C)c1. The standard InChI is InChI=1S/C19H28N2O/c1-3-17-9-5-12-21(17)19(22)18-10-6-11-20(18)14-16-8-4-7-15(2)13-16/h4,7-8,13,17-18H,3,5-6,9-12,14H2,1-2H3. The Bertz CT molecular complexity index is 528. The van der Waals surface area contributed by atoms with Crippen LogP contribution in [0.25, 0.3) is 0 Å². The van der Waals surface area contributed by atoms with Crippen molar-refractivity contribution in [1.29, 1.82) is 0 Å². The number of aryl methyl sites for hydroxylation is 1. The van der Waals surface area contributed by atoms with Crippen molar-refractivity contribution >= 4 is 5.91 Å². The third kappa shape index (κ3) is 3.19. The van der Waals surface area contributed by atoms with Gasteiger partial charge >= 0.3 is 0 Å². The Morgan fingerprint density at radius 3 is 2.82 bits per heavy atom. The highest BCUT2D eigenvalue weighted by Crippen LogP contribution is 2.27. The first-order chi connectivity index (χ1) is 10.7. The van der Waals surface area contributed by atoms with E-state index in [1.54, 1.807) is 0 Å². The molecular formula is C19H28N2O. The Morgan fingerprint density at radius 2 is 2.05 bits per heavy atom. The Kier molecular flexibility index (Phi) is 4.82. The number of amides is 1. The summed E-state index contributed by atoms with van der Waals surface area (Å²) in [5, 5.41) is 0. The molecular weight excluding hydrogens is 272 g/mol. The first-order valence-corrected chi connectivity index (χ1v) is 8.79. The Hall–Kier alpha value is -1.35.